The van der Waals surface area contributed by atoms with Gasteiger partial charge in [0.15, 0.2) is 0 Å². The van der Waals surface area contributed by atoms with Crippen LogP contribution in [0.4, 0.5) is 5.69 Å². The first-order chi connectivity index (χ1) is 11.2. The van der Waals surface area contributed by atoms with Gasteiger partial charge in [-0.1, -0.05) is 36.4 Å². The first kappa shape index (κ1) is 17.1. The van der Waals surface area contributed by atoms with Crippen LogP contribution in [0.2, 0.25) is 0 Å². The van der Waals surface area contributed by atoms with E-state index in [1.807, 2.05) is 44.3 Å². The van der Waals surface area contributed by atoms with Crippen molar-refractivity contribution in [1.82, 2.24) is 0 Å². The molecule has 1 aliphatic rings. The smallest absolute Gasteiger partial charge is 0.306 e. The molecule has 0 amide bonds. The summed E-state index contributed by atoms with van der Waals surface area (Å²) in [5.74, 6) is -0.119. The molecule has 0 atom stereocenters. The zero-order valence-corrected chi connectivity index (χ0v) is 14.0. The van der Waals surface area contributed by atoms with Crippen molar-refractivity contribution in [2.45, 2.75) is 32.6 Å². The summed E-state index contributed by atoms with van der Waals surface area (Å²) in [4.78, 5) is 11.0. The zero-order chi connectivity index (χ0) is 16.5. The van der Waals surface area contributed by atoms with Gasteiger partial charge in [-0.25, -0.2) is 0 Å². The molecule has 1 aliphatic carbocycles. The van der Waals surface area contributed by atoms with Crippen molar-refractivity contribution < 1.29 is 9.53 Å². The topological polar surface area (TPSA) is 38.3 Å². The quantitative estimate of drug-likeness (QED) is 0.848. The van der Waals surface area contributed by atoms with Gasteiger partial charge in [-0.05, 0) is 55.0 Å². The van der Waals surface area contributed by atoms with E-state index >= 15 is 0 Å². The molecular formula is C20H25NO2. The fraction of sp³-hybridized carbons (Fsp3) is 0.350. The summed E-state index contributed by atoms with van der Waals surface area (Å²) < 4.78 is 4.82. The normalized spacial score (nSPS) is 11.4. The molecule has 0 spiro atoms. The maximum absolute atomic E-state index is 11.0. The predicted molar refractivity (Wildman–Crippen MR) is 94.8 cm³/mol. The van der Waals surface area contributed by atoms with Crippen molar-refractivity contribution in [3.05, 3.63) is 65.2 Å². The minimum atomic E-state index is -0.119. The maximum Gasteiger partial charge on any atom is 0.306 e. The summed E-state index contributed by atoms with van der Waals surface area (Å²) in [5, 5.41) is 3.13. The van der Waals surface area contributed by atoms with Crippen molar-refractivity contribution >= 4 is 11.7 Å². The molecule has 122 valence electrons. The number of ether oxygens (including phenoxy) is 1. The van der Waals surface area contributed by atoms with Gasteiger partial charge in [0.1, 0.15) is 0 Å². The molecule has 0 radical (unpaired) electrons. The van der Waals surface area contributed by atoms with E-state index in [0.717, 1.165) is 6.42 Å². The third kappa shape index (κ3) is 5.44. The molecular weight excluding hydrogens is 286 g/mol. The highest BCUT2D eigenvalue weighted by Gasteiger charge is 2.11. The number of carbonyl (C=O) groups is 1. The van der Waals surface area contributed by atoms with Gasteiger partial charge in [0.25, 0.3) is 0 Å². The average Bonchev–Trinajstić information content (AvgIpc) is 2.56. The van der Waals surface area contributed by atoms with E-state index in [1.54, 1.807) is 0 Å². The summed E-state index contributed by atoms with van der Waals surface area (Å²) in [7, 11) is 1.96. The lowest BCUT2D eigenvalue weighted by atomic mass is 9.88. The van der Waals surface area contributed by atoms with Gasteiger partial charge < -0.3 is 10.1 Å². The van der Waals surface area contributed by atoms with Crippen LogP contribution in [0, 0.1) is 0 Å². The van der Waals surface area contributed by atoms with Crippen LogP contribution in [-0.2, 0) is 28.8 Å². The Morgan fingerprint density at radius 1 is 1.09 bits per heavy atom. The molecule has 0 saturated carbocycles. The van der Waals surface area contributed by atoms with Crippen molar-refractivity contribution in [2.24, 2.45) is 0 Å². The highest BCUT2D eigenvalue weighted by molar-refractivity contribution is 5.69. The van der Waals surface area contributed by atoms with Gasteiger partial charge in [0.05, 0.1) is 6.61 Å². The first-order valence-electron chi connectivity index (χ1n) is 8.22. The van der Waals surface area contributed by atoms with Crippen molar-refractivity contribution in [3.8, 4) is 0 Å². The van der Waals surface area contributed by atoms with Crippen LogP contribution in [0.1, 0.15) is 30.0 Å². The molecule has 0 fully saturated rings. The van der Waals surface area contributed by atoms with Crippen molar-refractivity contribution in [3.63, 3.8) is 0 Å². The van der Waals surface area contributed by atoms with Crippen LogP contribution in [0.5, 0.6) is 0 Å². The molecule has 0 aromatic heterocycles. The van der Waals surface area contributed by atoms with E-state index in [4.69, 9.17) is 4.74 Å². The number of anilines is 1. The lowest BCUT2D eigenvalue weighted by molar-refractivity contribution is -0.143. The first-order valence-corrected chi connectivity index (χ1v) is 8.22. The van der Waals surface area contributed by atoms with E-state index in [2.05, 4.69) is 23.5 Å². The van der Waals surface area contributed by atoms with Crippen LogP contribution in [-0.4, -0.2) is 19.6 Å². The summed E-state index contributed by atoms with van der Waals surface area (Å²) in [5.41, 5.74) is 5.46. The van der Waals surface area contributed by atoms with Crippen LogP contribution >= 0.6 is 0 Å². The molecule has 3 heteroatoms. The van der Waals surface area contributed by atoms with Crippen molar-refractivity contribution in [2.75, 3.05) is 19.0 Å². The van der Waals surface area contributed by atoms with Crippen LogP contribution in [0.25, 0.3) is 0 Å². The molecule has 3 nitrogen and oxygen atoms in total. The van der Waals surface area contributed by atoms with E-state index in [-0.39, 0.29) is 5.97 Å². The Labute approximate surface area is 138 Å². The Balaban J connectivity index is 0.000000172. The van der Waals surface area contributed by atoms with Crippen LogP contribution in [0.3, 0.4) is 0 Å². The Hall–Kier alpha value is -2.29. The Kier molecular flexibility index (Phi) is 6.67. The minimum absolute atomic E-state index is 0.119. The second kappa shape index (κ2) is 8.99. The SMILES string of the molecule is CCOC(=O)CCc1ccccc1.CNc1ccc2c(c1)CC2. The van der Waals surface area contributed by atoms with Gasteiger partial charge >= 0.3 is 5.97 Å². The van der Waals surface area contributed by atoms with Crippen LogP contribution < -0.4 is 5.32 Å². The maximum atomic E-state index is 11.0. The van der Waals surface area contributed by atoms with Crippen molar-refractivity contribution in [1.29, 1.82) is 0 Å². The number of hydrogen-bond acceptors (Lipinski definition) is 3. The fourth-order valence-electron chi connectivity index (χ4n) is 2.47. The number of esters is 1. The molecule has 2 aromatic carbocycles. The molecule has 0 heterocycles. The molecule has 3 rings (SSSR count). The van der Waals surface area contributed by atoms with E-state index in [9.17, 15) is 4.79 Å². The average molecular weight is 311 g/mol. The summed E-state index contributed by atoms with van der Waals surface area (Å²) in [6.45, 7) is 2.29. The van der Waals surface area contributed by atoms with Gasteiger partial charge in [-0.15, -0.1) is 0 Å². The summed E-state index contributed by atoms with van der Waals surface area (Å²) >= 11 is 0. The zero-order valence-electron chi connectivity index (χ0n) is 14.0. The number of carbonyl (C=O) groups excluding carboxylic acids is 1. The van der Waals surface area contributed by atoms with E-state index < -0.39 is 0 Å². The number of nitrogens with one attached hydrogen (secondary N) is 1. The van der Waals surface area contributed by atoms with Gasteiger partial charge in [-0.2, -0.15) is 0 Å². The number of rotatable bonds is 5. The second-order valence-corrected chi connectivity index (χ2v) is 5.52. The number of benzene rings is 2. The lowest BCUT2D eigenvalue weighted by Gasteiger charge is -2.18. The molecule has 0 unspecified atom stereocenters. The van der Waals surface area contributed by atoms with E-state index in [0.29, 0.717) is 13.0 Å². The largest absolute Gasteiger partial charge is 0.466 e. The number of aryl methyl sites for hydroxylation is 3. The number of fused-ring (bicyclic) bond motifs is 1. The Morgan fingerprint density at radius 2 is 1.83 bits per heavy atom. The fourth-order valence-corrected chi connectivity index (χ4v) is 2.47. The monoisotopic (exact) mass is 311 g/mol. The molecule has 1 N–H and O–H groups in total. The molecule has 0 saturated heterocycles. The predicted octanol–water partition coefficient (Wildman–Crippen LogP) is 4.01. The summed E-state index contributed by atoms with van der Waals surface area (Å²) in [6, 6.07) is 16.5. The highest BCUT2D eigenvalue weighted by atomic mass is 16.5. The van der Waals surface area contributed by atoms with Crippen LogP contribution in [0.15, 0.2) is 48.5 Å². The lowest BCUT2D eigenvalue weighted by Crippen LogP contribution is -2.07. The molecule has 2 aromatic rings. The Bertz CT molecular complexity index is 623. The standard InChI is InChI=1S/C11H14O2.C9H11N/c1-2-13-11(12)9-8-10-6-4-3-5-7-10;1-10-9-5-4-7-2-3-8(7)6-9/h3-7H,2,8-9H2,1H3;4-6,10H,2-3H2,1H3. The van der Waals surface area contributed by atoms with Gasteiger partial charge in [0, 0.05) is 19.2 Å². The molecule has 23 heavy (non-hydrogen) atoms. The van der Waals surface area contributed by atoms with Gasteiger partial charge in [-0.3, -0.25) is 4.79 Å². The van der Waals surface area contributed by atoms with E-state index in [1.165, 1.54) is 35.2 Å². The minimum Gasteiger partial charge on any atom is -0.466 e. The molecule has 0 bridgehead atoms. The Morgan fingerprint density at radius 3 is 2.39 bits per heavy atom. The summed E-state index contributed by atoms with van der Waals surface area (Å²) in [6.07, 6.45) is 3.78. The second-order valence-electron chi connectivity index (χ2n) is 5.52. The molecule has 0 aliphatic heterocycles. The highest BCUT2D eigenvalue weighted by Crippen LogP contribution is 2.25. The van der Waals surface area contributed by atoms with Gasteiger partial charge in [0.2, 0.25) is 0 Å². The third-order valence-corrected chi connectivity index (χ3v) is 3.92. The third-order valence-electron chi connectivity index (χ3n) is 3.92. The number of hydrogen-bond donors (Lipinski definition) is 1.